The number of carbonyl (C=O) groups excluding carboxylic acids is 1. The third kappa shape index (κ3) is 4.71. The molecule has 2 bridgehead atoms. The lowest BCUT2D eigenvalue weighted by Crippen LogP contribution is -2.27. The van der Waals surface area contributed by atoms with Gasteiger partial charge in [0.15, 0.2) is 11.0 Å². The van der Waals surface area contributed by atoms with Crippen LogP contribution in [-0.2, 0) is 4.79 Å². The molecule has 29 heavy (non-hydrogen) atoms. The first kappa shape index (κ1) is 20.9. The third-order valence-corrected chi connectivity index (χ3v) is 8.47. The number of thiophene rings is 1. The first-order valence-corrected chi connectivity index (χ1v) is 12.9. The number of carbonyl (C=O) groups is 1. The molecule has 0 saturated heterocycles. The van der Waals surface area contributed by atoms with Crippen molar-refractivity contribution in [3.8, 4) is 10.7 Å². The minimum Gasteiger partial charge on any atom is -0.355 e. The summed E-state index contributed by atoms with van der Waals surface area (Å²) in [6.07, 6.45) is 8.89. The zero-order valence-corrected chi connectivity index (χ0v) is 19.1. The van der Waals surface area contributed by atoms with Crippen LogP contribution in [0.2, 0.25) is 0 Å². The maximum atomic E-state index is 12.3. The lowest BCUT2D eigenvalue weighted by molar-refractivity contribution is -0.118. The molecule has 1 N–H and O–H groups in total. The van der Waals surface area contributed by atoms with Gasteiger partial charge in [-0.3, -0.25) is 9.36 Å². The lowest BCUT2D eigenvalue weighted by Gasteiger charge is -2.30. The monoisotopic (exact) mass is 432 g/mol. The van der Waals surface area contributed by atoms with Crippen molar-refractivity contribution in [1.29, 1.82) is 0 Å². The predicted molar refractivity (Wildman–Crippen MR) is 120 cm³/mol. The van der Waals surface area contributed by atoms with Gasteiger partial charge in [-0.05, 0) is 61.8 Å². The molecule has 0 spiro atoms. The quantitative estimate of drug-likeness (QED) is 0.403. The Bertz CT molecular complexity index is 804. The van der Waals surface area contributed by atoms with Crippen molar-refractivity contribution in [2.24, 2.45) is 17.8 Å². The number of nitrogens with zero attached hydrogens (tertiary/aromatic N) is 3. The highest BCUT2D eigenvalue weighted by Crippen LogP contribution is 2.53. The summed E-state index contributed by atoms with van der Waals surface area (Å²) in [5, 5.41) is 15.1. The molecule has 158 valence electrons. The van der Waals surface area contributed by atoms with E-state index in [2.05, 4.69) is 51.4 Å². The fraction of sp³-hybridized carbons (Fsp3) is 0.682. The Kier molecular flexibility index (Phi) is 6.96. The number of aromatic nitrogens is 3. The molecule has 4 rings (SSSR count). The van der Waals surface area contributed by atoms with Crippen LogP contribution >= 0.6 is 23.1 Å². The maximum absolute atomic E-state index is 12.3. The zero-order valence-electron chi connectivity index (χ0n) is 17.5. The van der Waals surface area contributed by atoms with E-state index < -0.39 is 0 Å². The molecular weight excluding hydrogens is 400 g/mol. The van der Waals surface area contributed by atoms with Gasteiger partial charge in [-0.25, -0.2) is 0 Å². The molecule has 2 aromatic rings. The minimum absolute atomic E-state index is 0.0888. The second kappa shape index (κ2) is 9.65. The molecule has 5 nitrogen and oxygen atoms in total. The number of fused-ring (bicyclic) bond motifs is 2. The molecule has 4 unspecified atom stereocenters. The molecule has 2 aliphatic rings. The summed E-state index contributed by atoms with van der Waals surface area (Å²) in [5.74, 6) is 3.91. The van der Waals surface area contributed by atoms with Crippen LogP contribution in [0.5, 0.6) is 0 Å². The van der Waals surface area contributed by atoms with Crippen LogP contribution in [-0.4, -0.2) is 33.0 Å². The highest BCUT2D eigenvalue weighted by atomic mass is 32.2. The largest absolute Gasteiger partial charge is 0.355 e. The minimum atomic E-state index is 0.0888. The van der Waals surface area contributed by atoms with Crippen LogP contribution in [0.1, 0.15) is 64.8 Å². The van der Waals surface area contributed by atoms with Crippen LogP contribution in [0.3, 0.4) is 0 Å². The van der Waals surface area contributed by atoms with Crippen LogP contribution < -0.4 is 5.32 Å². The van der Waals surface area contributed by atoms with Gasteiger partial charge in [0.1, 0.15) is 0 Å². The van der Waals surface area contributed by atoms with Crippen molar-refractivity contribution in [3.63, 3.8) is 0 Å². The van der Waals surface area contributed by atoms with Crippen molar-refractivity contribution in [2.45, 2.75) is 70.0 Å². The van der Waals surface area contributed by atoms with Crippen molar-refractivity contribution < 1.29 is 4.79 Å². The number of rotatable bonds is 10. The molecule has 2 fully saturated rings. The number of nitrogens with one attached hydrogen (secondary N) is 1. The predicted octanol–water partition coefficient (Wildman–Crippen LogP) is 5.40. The van der Waals surface area contributed by atoms with Gasteiger partial charge in [-0.1, -0.05) is 44.0 Å². The van der Waals surface area contributed by atoms with Gasteiger partial charge in [0, 0.05) is 12.6 Å². The van der Waals surface area contributed by atoms with Gasteiger partial charge in [-0.15, -0.1) is 21.5 Å². The van der Waals surface area contributed by atoms with Crippen LogP contribution in [0.4, 0.5) is 0 Å². The Morgan fingerprint density at radius 3 is 2.93 bits per heavy atom. The molecule has 0 aliphatic heterocycles. The molecule has 2 aromatic heterocycles. The Morgan fingerprint density at radius 1 is 1.34 bits per heavy atom. The average Bonchev–Trinajstić information content (AvgIpc) is 3.52. The van der Waals surface area contributed by atoms with Gasteiger partial charge < -0.3 is 5.32 Å². The summed E-state index contributed by atoms with van der Waals surface area (Å²) in [6.45, 7) is 5.27. The average molecular weight is 433 g/mol. The second-order valence-electron chi connectivity index (χ2n) is 8.58. The summed E-state index contributed by atoms with van der Waals surface area (Å²) in [5.41, 5.74) is 0. The van der Waals surface area contributed by atoms with E-state index in [0.29, 0.717) is 17.7 Å². The van der Waals surface area contributed by atoms with Gasteiger partial charge >= 0.3 is 0 Å². The Balaban J connectivity index is 1.48. The number of unbranched alkanes of at least 4 members (excludes halogenated alkanes) is 2. The van der Waals surface area contributed by atoms with Crippen molar-refractivity contribution in [1.82, 2.24) is 20.1 Å². The summed E-state index contributed by atoms with van der Waals surface area (Å²) < 4.78 is 2.33. The van der Waals surface area contributed by atoms with Gasteiger partial charge in [0.2, 0.25) is 5.91 Å². The number of thioether (sulfide) groups is 1. The number of hydrogen-bond acceptors (Lipinski definition) is 5. The maximum Gasteiger partial charge on any atom is 0.230 e. The van der Waals surface area contributed by atoms with Crippen molar-refractivity contribution >= 4 is 29.0 Å². The smallest absolute Gasteiger partial charge is 0.230 e. The van der Waals surface area contributed by atoms with E-state index in [0.717, 1.165) is 47.1 Å². The van der Waals surface area contributed by atoms with Crippen molar-refractivity contribution in [2.75, 3.05) is 12.3 Å². The Labute approximate surface area is 182 Å². The van der Waals surface area contributed by atoms with Crippen LogP contribution in [0.15, 0.2) is 22.7 Å². The highest BCUT2D eigenvalue weighted by Gasteiger charge is 2.43. The zero-order chi connectivity index (χ0) is 20.2. The van der Waals surface area contributed by atoms with E-state index in [-0.39, 0.29) is 5.91 Å². The van der Waals surface area contributed by atoms with E-state index in [1.807, 2.05) is 0 Å². The molecule has 4 atom stereocenters. The number of amides is 1. The fourth-order valence-electron chi connectivity index (χ4n) is 5.18. The third-order valence-electron chi connectivity index (χ3n) is 6.66. The van der Waals surface area contributed by atoms with E-state index in [4.69, 9.17) is 0 Å². The standard InChI is InChI=1S/C22H32N4OS2/c1-3-4-5-10-23-20(27)14-29-22-25-24-21(19-7-6-11-28-19)26(22)15(2)18-13-16-8-9-17(18)12-16/h6-7,11,15-18H,3-5,8-10,12-14H2,1-2H3,(H,23,27). The lowest BCUT2D eigenvalue weighted by atomic mass is 9.84. The van der Waals surface area contributed by atoms with E-state index in [1.54, 1.807) is 11.3 Å². The molecule has 2 heterocycles. The van der Waals surface area contributed by atoms with Gasteiger partial charge in [0.25, 0.3) is 0 Å². The SMILES string of the molecule is CCCCCNC(=O)CSc1nnc(-c2cccs2)n1C(C)C1CC2CCC1C2. The van der Waals surface area contributed by atoms with Crippen LogP contribution in [0, 0.1) is 17.8 Å². The topological polar surface area (TPSA) is 59.8 Å². The van der Waals surface area contributed by atoms with Gasteiger partial charge in [0.05, 0.1) is 10.6 Å². The fourth-order valence-corrected chi connectivity index (χ4v) is 6.73. The summed E-state index contributed by atoms with van der Waals surface area (Å²) in [4.78, 5) is 13.4. The highest BCUT2D eigenvalue weighted by molar-refractivity contribution is 7.99. The molecule has 0 radical (unpaired) electrons. The van der Waals surface area contributed by atoms with E-state index in [1.165, 1.54) is 43.9 Å². The van der Waals surface area contributed by atoms with Crippen molar-refractivity contribution in [3.05, 3.63) is 17.5 Å². The first-order valence-electron chi connectivity index (χ1n) is 11.1. The Morgan fingerprint density at radius 2 is 2.24 bits per heavy atom. The normalized spacial score (nSPS) is 24.1. The summed E-state index contributed by atoms with van der Waals surface area (Å²) in [6, 6.07) is 4.55. The first-order chi connectivity index (χ1) is 14.2. The molecule has 1 amide bonds. The molecule has 2 saturated carbocycles. The summed E-state index contributed by atoms with van der Waals surface area (Å²) in [7, 11) is 0. The number of hydrogen-bond donors (Lipinski definition) is 1. The van der Waals surface area contributed by atoms with E-state index >= 15 is 0 Å². The molecular formula is C22H32N4OS2. The van der Waals surface area contributed by atoms with Gasteiger partial charge in [-0.2, -0.15) is 0 Å². The van der Waals surface area contributed by atoms with E-state index in [9.17, 15) is 4.79 Å². The van der Waals surface area contributed by atoms with Crippen LogP contribution in [0.25, 0.3) is 10.7 Å². The Hall–Kier alpha value is -1.34. The molecule has 0 aromatic carbocycles. The second-order valence-corrected chi connectivity index (χ2v) is 10.5. The molecule has 7 heteroatoms. The molecule has 2 aliphatic carbocycles. The summed E-state index contributed by atoms with van der Waals surface area (Å²) >= 11 is 3.23.